The molecule has 0 saturated carbocycles. The van der Waals surface area contributed by atoms with Crippen molar-refractivity contribution in [3.05, 3.63) is 29.3 Å². The predicted molar refractivity (Wildman–Crippen MR) is 86.5 cm³/mol. The minimum atomic E-state index is 0.304. The molecule has 1 aliphatic rings. The second kappa shape index (κ2) is 6.70. The summed E-state index contributed by atoms with van der Waals surface area (Å²) in [5.74, 6) is 0.898. The van der Waals surface area contributed by atoms with Crippen LogP contribution in [0.25, 0.3) is 0 Å². The highest BCUT2D eigenvalue weighted by atomic mass is 32.1. The maximum Gasteiger partial charge on any atom is 0.187 e. The van der Waals surface area contributed by atoms with Crippen LogP contribution in [0, 0.1) is 0 Å². The summed E-state index contributed by atoms with van der Waals surface area (Å²) in [4.78, 5) is 0. The highest BCUT2D eigenvalue weighted by Crippen LogP contribution is 2.25. The zero-order valence-electron chi connectivity index (χ0n) is 12.2. The second-order valence-corrected chi connectivity index (χ2v) is 5.58. The molecule has 0 heterocycles. The summed E-state index contributed by atoms with van der Waals surface area (Å²) in [7, 11) is 1.69. The molecule has 2 N–H and O–H groups in total. The van der Waals surface area contributed by atoms with Gasteiger partial charge < -0.3 is 10.1 Å². The van der Waals surface area contributed by atoms with Crippen molar-refractivity contribution in [3.63, 3.8) is 0 Å². The number of fused-ring (bicyclic) bond motifs is 1. The largest absolute Gasteiger partial charge is 0.497 e. The Morgan fingerprint density at radius 2 is 2.15 bits per heavy atom. The molecule has 0 spiro atoms. The van der Waals surface area contributed by atoms with Crippen LogP contribution < -0.4 is 15.5 Å². The van der Waals surface area contributed by atoms with Crippen molar-refractivity contribution in [3.8, 4) is 5.75 Å². The first-order valence-corrected chi connectivity index (χ1v) is 7.31. The van der Waals surface area contributed by atoms with Crippen molar-refractivity contribution < 1.29 is 4.74 Å². The molecule has 5 heteroatoms. The zero-order valence-corrected chi connectivity index (χ0v) is 13.0. The lowest BCUT2D eigenvalue weighted by molar-refractivity contribution is 0.414. The fourth-order valence-electron chi connectivity index (χ4n) is 2.30. The average Bonchev–Trinajstić information content (AvgIpc) is 2.43. The van der Waals surface area contributed by atoms with Crippen LogP contribution in [0.2, 0.25) is 0 Å². The Labute approximate surface area is 125 Å². The van der Waals surface area contributed by atoms with Gasteiger partial charge in [-0.25, -0.2) is 0 Å². The van der Waals surface area contributed by atoms with Crippen LogP contribution in [-0.2, 0) is 6.42 Å². The molecule has 108 valence electrons. The van der Waals surface area contributed by atoms with E-state index in [9.17, 15) is 0 Å². The van der Waals surface area contributed by atoms with Crippen molar-refractivity contribution in [1.82, 2.24) is 10.7 Å². The molecule has 0 amide bonds. The third-order valence-electron chi connectivity index (χ3n) is 3.20. The van der Waals surface area contributed by atoms with Crippen LogP contribution in [0.1, 0.15) is 37.8 Å². The highest BCUT2D eigenvalue weighted by Gasteiger charge is 2.16. The molecular formula is C15H21N3OS. The molecule has 0 aromatic heterocycles. The number of ether oxygens (including phenoxy) is 1. The van der Waals surface area contributed by atoms with E-state index in [4.69, 9.17) is 17.0 Å². The fourth-order valence-corrected chi connectivity index (χ4v) is 2.58. The SMILES string of the molecule is COc1ccc2c(c1)CCCC2=NNC(=S)NC(C)C. The lowest BCUT2D eigenvalue weighted by Crippen LogP contribution is -2.37. The van der Waals surface area contributed by atoms with Gasteiger partial charge in [-0.05, 0) is 69.1 Å². The molecule has 0 fully saturated rings. The summed E-state index contributed by atoms with van der Waals surface area (Å²) in [5.41, 5.74) is 6.47. The summed E-state index contributed by atoms with van der Waals surface area (Å²) < 4.78 is 5.27. The van der Waals surface area contributed by atoms with Crippen LogP contribution in [0.3, 0.4) is 0 Å². The molecule has 2 rings (SSSR count). The van der Waals surface area contributed by atoms with Gasteiger partial charge in [-0.2, -0.15) is 5.10 Å². The number of benzene rings is 1. The Balaban J connectivity index is 2.13. The van der Waals surface area contributed by atoms with E-state index in [2.05, 4.69) is 28.0 Å². The quantitative estimate of drug-likeness (QED) is 0.664. The number of hydrogen-bond donors (Lipinski definition) is 2. The minimum Gasteiger partial charge on any atom is -0.497 e. The molecule has 1 aromatic rings. The Hall–Kier alpha value is -1.62. The van der Waals surface area contributed by atoms with E-state index in [1.54, 1.807) is 7.11 Å². The van der Waals surface area contributed by atoms with Crippen molar-refractivity contribution in [2.75, 3.05) is 7.11 Å². The first-order valence-electron chi connectivity index (χ1n) is 6.90. The maximum atomic E-state index is 5.27. The predicted octanol–water partition coefficient (Wildman–Crippen LogP) is 2.61. The standard InChI is InChI=1S/C15H21N3OS/c1-10(2)16-15(20)18-17-14-6-4-5-11-9-12(19-3)7-8-13(11)14/h7-10H,4-6H2,1-3H3,(H2,16,18,20). The van der Waals surface area contributed by atoms with Crippen LogP contribution in [-0.4, -0.2) is 24.0 Å². The Morgan fingerprint density at radius 3 is 2.85 bits per heavy atom. The highest BCUT2D eigenvalue weighted by molar-refractivity contribution is 7.80. The number of nitrogens with one attached hydrogen (secondary N) is 2. The van der Waals surface area contributed by atoms with Crippen LogP contribution in [0.5, 0.6) is 5.75 Å². The van der Waals surface area contributed by atoms with E-state index in [0.717, 1.165) is 30.7 Å². The Morgan fingerprint density at radius 1 is 1.35 bits per heavy atom. The number of hydrogen-bond acceptors (Lipinski definition) is 3. The third kappa shape index (κ3) is 3.70. The molecule has 0 aliphatic heterocycles. The average molecular weight is 291 g/mol. The summed E-state index contributed by atoms with van der Waals surface area (Å²) in [6, 6.07) is 6.45. The molecule has 0 atom stereocenters. The molecule has 1 aliphatic carbocycles. The molecule has 0 saturated heterocycles. The molecular weight excluding hydrogens is 270 g/mol. The van der Waals surface area contributed by atoms with E-state index < -0.39 is 0 Å². The fraction of sp³-hybridized carbons (Fsp3) is 0.467. The van der Waals surface area contributed by atoms with E-state index in [1.165, 1.54) is 11.1 Å². The van der Waals surface area contributed by atoms with Crippen molar-refractivity contribution >= 4 is 23.0 Å². The van der Waals surface area contributed by atoms with E-state index >= 15 is 0 Å². The first-order chi connectivity index (χ1) is 9.60. The van der Waals surface area contributed by atoms with Gasteiger partial charge in [0, 0.05) is 11.6 Å². The number of aryl methyl sites for hydroxylation is 1. The lowest BCUT2D eigenvalue weighted by atomic mass is 9.90. The van der Waals surface area contributed by atoms with Crippen LogP contribution in [0.4, 0.5) is 0 Å². The van der Waals surface area contributed by atoms with E-state index in [1.807, 2.05) is 19.9 Å². The minimum absolute atomic E-state index is 0.304. The lowest BCUT2D eigenvalue weighted by Gasteiger charge is -2.19. The molecule has 20 heavy (non-hydrogen) atoms. The Bertz CT molecular complexity index is 526. The van der Waals surface area contributed by atoms with Gasteiger partial charge in [-0.3, -0.25) is 5.43 Å². The smallest absolute Gasteiger partial charge is 0.187 e. The molecule has 0 bridgehead atoms. The molecule has 1 aromatic carbocycles. The number of thiocarbonyl (C=S) groups is 1. The van der Waals surface area contributed by atoms with Gasteiger partial charge in [0.1, 0.15) is 5.75 Å². The second-order valence-electron chi connectivity index (χ2n) is 5.18. The van der Waals surface area contributed by atoms with Crippen molar-refractivity contribution in [2.24, 2.45) is 5.10 Å². The summed E-state index contributed by atoms with van der Waals surface area (Å²) >= 11 is 5.19. The van der Waals surface area contributed by atoms with Gasteiger partial charge in [0.2, 0.25) is 0 Å². The number of methoxy groups -OCH3 is 1. The number of nitrogens with zero attached hydrogens (tertiary/aromatic N) is 1. The van der Waals surface area contributed by atoms with Gasteiger partial charge in [0.25, 0.3) is 0 Å². The van der Waals surface area contributed by atoms with E-state index in [0.29, 0.717) is 11.2 Å². The van der Waals surface area contributed by atoms with Gasteiger partial charge in [0.05, 0.1) is 12.8 Å². The maximum absolute atomic E-state index is 5.27. The van der Waals surface area contributed by atoms with Gasteiger partial charge >= 0.3 is 0 Å². The van der Waals surface area contributed by atoms with Crippen LogP contribution in [0.15, 0.2) is 23.3 Å². The molecule has 0 unspecified atom stereocenters. The summed E-state index contributed by atoms with van der Waals surface area (Å²) in [5, 5.41) is 8.14. The topological polar surface area (TPSA) is 45.6 Å². The monoisotopic (exact) mass is 291 g/mol. The third-order valence-corrected chi connectivity index (χ3v) is 3.40. The molecule has 0 radical (unpaired) electrons. The Kier molecular flexibility index (Phi) is 4.95. The van der Waals surface area contributed by atoms with Crippen molar-refractivity contribution in [2.45, 2.75) is 39.2 Å². The van der Waals surface area contributed by atoms with E-state index in [-0.39, 0.29) is 0 Å². The van der Waals surface area contributed by atoms with Crippen LogP contribution >= 0.6 is 12.2 Å². The first kappa shape index (κ1) is 14.8. The zero-order chi connectivity index (χ0) is 14.5. The number of rotatable bonds is 3. The molecule has 4 nitrogen and oxygen atoms in total. The van der Waals surface area contributed by atoms with Gasteiger partial charge in [-0.15, -0.1) is 0 Å². The van der Waals surface area contributed by atoms with Crippen molar-refractivity contribution in [1.29, 1.82) is 0 Å². The summed E-state index contributed by atoms with van der Waals surface area (Å²) in [6.07, 6.45) is 3.14. The number of hydrazone groups is 1. The normalized spacial score (nSPS) is 15.9. The van der Waals surface area contributed by atoms with Gasteiger partial charge in [-0.1, -0.05) is 0 Å². The van der Waals surface area contributed by atoms with Gasteiger partial charge in [0.15, 0.2) is 5.11 Å². The summed E-state index contributed by atoms with van der Waals surface area (Å²) in [6.45, 7) is 4.09.